The minimum atomic E-state index is -0.954. The zero-order valence-electron chi connectivity index (χ0n) is 41.7. The number of rotatable bonds is 25. The Hall–Kier alpha value is -1.73. The number of hydrogen-bond acceptors (Lipinski definition) is 31. The molecule has 0 unspecified atom stereocenters. The van der Waals surface area contributed by atoms with Crippen LogP contribution in [0.25, 0.3) is 0 Å². The molecule has 0 saturated heterocycles. The fraction of sp³-hybridized carbons (Fsp3) is 0.975. The van der Waals surface area contributed by atoms with Crippen molar-refractivity contribution in [3.05, 3.63) is 0 Å². The molecule has 0 spiro atoms. The largest absolute Gasteiger partial charge is 0.481 e. The molecule has 0 aromatic heterocycles. The van der Waals surface area contributed by atoms with Gasteiger partial charge in [0.25, 0.3) is 0 Å². The van der Waals surface area contributed by atoms with Gasteiger partial charge in [0.1, 0.15) is 61.0 Å². The molecule has 0 rings (SSSR count). The van der Waals surface area contributed by atoms with E-state index < -0.39 is 67.0 Å². The minimum absolute atomic E-state index is 0.324. The van der Waals surface area contributed by atoms with E-state index in [4.69, 9.17) is 158 Å². The van der Waals surface area contributed by atoms with Crippen LogP contribution in [0.1, 0.15) is 52.9 Å². The van der Waals surface area contributed by atoms with Crippen molar-refractivity contribution in [3.63, 3.8) is 0 Å². The van der Waals surface area contributed by atoms with E-state index >= 15 is 0 Å². The summed E-state index contributed by atoms with van der Waals surface area (Å²) in [5.41, 5.74) is 0.392. The number of aliphatic carboxylic acids is 1. The van der Waals surface area contributed by atoms with Crippen LogP contribution in [-0.4, -0.2) is 357 Å². The quantitative estimate of drug-likeness (QED) is 0.0378. The van der Waals surface area contributed by atoms with Gasteiger partial charge in [0.2, 0.25) is 0 Å². The molecule has 452 valence electrons. The van der Waals surface area contributed by atoms with E-state index in [9.17, 15) is 4.79 Å². The summed E-state index contributed by atoms with van der Waals surface area (Å²) >= 11 is 0. The SMILES string of the molecule is CC(C)(C)CCCCCC(=O)O.OCC(O)CO.OCC(O)CO.OCC(O)CO.OCC(O)CO.OCC(O)CO.OCC(O)CO.OCC(O)CO.OCC(O)CO.OCC(O)CO.OCC(O)CO. The van der Waals surface area contributed by atoms with E-state index in [2.05, 4.69) is 20.8 Å². The van der Waals surface area contributed by atoms with Crippen molar-refractivity contribution < 1.29 is 163 Å². The molecule has 32 nitrogen and oxygen atoms in total. The lowest BCUT2D eigenvalue weighted by Gasteiger charge is -2.17. The highest BCUT2D eigenvalue weighted by molar-refractivity contribution is 5.66. The van der Waals surface area contributed by atoms with Crippen LogP contribution in [0.4, 0.5) is 0 Å². The second-order valence-corrected chi connectivity index (χ2v) is 14.7. The molecule has 0 aromatic carbocycles. The van der Waals surface area contributed by atoms with Crippen LogP contribution in [0.2, 0.25) is 0 Å². The molecule has 0 saturated carbocycles. The Morgan fingerprint density at radius 3 is 0.458 bits per heavy atom. The van der Waals surface area contributed by atoms with Crippen molar-refractivity contribution in [1.82, 2.24) is 0 Å². The zero-order chi connectivity index (χ0) is 59.5. The predicted octanol–water partition coefficient (Wildman–Crippen LogP) is -13.6. The fourth-order valence-corrected chi connectivity index (χ4v) is 1.69. The average Bonchev–Trinajstić information content (AvgIpc) is 3.41. The molecule has 0 atom stereocenters. The molecule has 0 aromatic rings. The second kappa shape index (κ2) is 83.3. The van der Waals surface area contributed by atoms with Crippen molar-refractivity contribution in [2.75, 3.05) is 132 Å². The van der Waals surface area contributed by atoms with Gasteiger partial charge in [-0.2, -0.15) is 0 Å². The molecule has 0 bridgehead atoms. The van der Waals surface area contributed by atoms with Crippen molar-refractivity contribution in [2.45, 2.75) is 114 Å². The lowest BCUT2D eigenvalue weighted by atomic mass is 9.89. The van der Waals surface area contributed by atoms with Gasteiger partial charge in [0.15, 0.2) is 0 Å². The Bertz CT molecular complexity index is 665. The van der Waals surface area contributed by atoms with Crippen LogP contribution in [0.15, 0.2) is 0 Å². The first-order valence-electron chi connectivity index (χ1n) is 21.7. The summed E-state index contributed by atoms with van der Waals surface area (Å²) < 4.78 is 0. The molecular weight excluding hydrogens is 992 g/mol. The van der Waals surface area contributed by atoms with E-state index in [0.717, 1.165) is 19.3 Å². The van der Waals surface area contributed by atoms with E-state index in [1.54, 1.807) is 0 Å². The van der Waals surface area contributed by atoms with Crippen molar-refractivity contribution in [1.29, 1.82) is 0 Å². The van der Waals surface area contributed by atoms with Gasteiger partial charge in [-0.05, 0) is 18.3 Å². The topological polar surface area (TPSA) is 644 Å². The van der Waals surface area contributed by atoms with Crippen LogP contribution in [-0.2, 0) is 4.79 Å². The van der Waals surface area contributed by atoms with E-state index in [1.165, 1.54) is 6.42 Å². The predicted molar refractivity (Wildman–Crippen MR) is 252 cm³/mol. The maximum absolute atomic E-state index is 10.2. The van der Waals surface area contributed by atoms with Crippen LogP contribution < -0.4 is 0 Å². The van der Waals surface area contributed by atoms with Gasteiger partial charge in [-0.1, -0.05) is 33.6 Å². The monoisotopic (exact) mass is 1090 g/mol. The first-order valence-corrected chi connectivity index (χ1v) is 21.7. The molecule has 0 heterocycles. The van der Waals surface area contributed by atoms with Gasteiger partial charge >= 0.3 is 5.97 Å². The summed E-state index contributed by atoms with van der Waals surface area (Å²) in [6.45, 7) is -0.654. The first-order chi connectivity index (χ1) is 33.5. The molecule has 32 heteroatoms. The van der Waals surface area contributed by atoms with Crippen LogP contribution in [0.5, 0.6) is 0 Å². The number of hydrogen-bond donors (Lipinski definition) is 31. The molecule has 0 aliphatic rings. The van der Waals surface area contributed by atoms with E-state index in [-0.39, 0.29) is 132 Å². The Balaban J connectivity index is -0.0000000638. The van der Waals surface area contributed by atoms with Gasteiger partial charge in [-0.15, -0.1) is 0 Å². The molecule has 0 amide bonds. The minimum Gasteiger partial charge on any atom is -0.481 e. The lowest BCUT2D eigenvalue weighted by Crippen LogP contribution is -2.15. The Labute approximate surface area is 420 Å². The summed E-state index contributed by atoms with van der Waals surface area (Å²) in [7, 11) is 0. The normalized spacial score (nSPS) is 10.3. The smallest absolute Gasteiger partial charge is 0.303 e. The summed E-state index contributed by atoms with van der Waals surface area (Å²) in [5, 5.41) is 249. The fourth-order valence-electron chi connectivity index (χ4n) is 1.69. The molecule has 0 aliphatic carbocycles. The Morgan fingerprint density at radius 1 is 0.264 bits per heavy atom. The highest BCUT2D eigenvalue weighted by atomic mass is 16.4. The van der Waals surface area contributed by atoms with Gasteiger partial charge in [0, 0.05) is 6.42 Å². The third kappa shape index (κ3) is 138. The number of aliphatic hydroxyl groups is 30. The first kappa shape index (κ1) is 96.0. The van der Waals surface area contributed by atoms with Gasteiger partial charge in [-0.3, -0.25) is 4.79 Å². The third-order valence-corrected chi connectivity index (χ3v) is 6.03. The number of carboxylic acid groups (broad SMARTS) is 1. The number of aliphatic hydroxyl groups excluding tert-OH is 30. The number of unbranched alkanes of at least 4 members (excludes halogenated alkanes) is 2. The van der Waals surface area contributed by atoms with Crippen molar-refractivity contribution in [3.8, 4) is 0 Å². The maximum atomic E-state index is 10.2. The van der Waals surface area contributed by atoms with Gasteiger partial charge in [0.05, 0.1) is 132 Å². The second-order valence-electron chi connectivity index (χ2n) is 14.7. The summed E-state index contributed by atoms with van der Waals surface area (Å²) in [4.78, 5) is 10.2. The highest BCUT2D eigenvalue weighted by Gasteiger charge is 2.09. The standard InChI is InChI=1S/C10H20O2.10C3H8O3/c1-10(2,3)8-6-4-5-7-9(11)12;10*4-1-3(6)2-5/h4-8H2,1-3H3,(H,11,12);10*3-6H,1-2H2. The third-order valence-electron chi connectivity index (χ3n) is 6.03. The zero-order valence-corrected chi connectivity index (χ0v) is 41.7. The number of carbonyl (C=O) groups is 1. The van der Waals surface area contributed by atoms with E-state index in [1.807, 2.05) is 0 Å². The van der Waals surface area contributed by atoms with Crippen LogP contribution in [0, 0.1) is 5.41 Å². The summed E-state index contributed by atoms with van der Waals surface area (Å²) in [6.07, 6.45) is -5.01. The summed E-state index contributed by atoms with van der Waals surface area (Å²) in [5.74, 6) is -0.675. The molecule has 0 fully saturated rings. The Kier molecular flexibility index (Phi) is 111. The van der Waals surface area contributed by atoms with Crippen molar-refractivity contribution in [2.24, 2.45) is 5.41 Å². The van der Waals surface area contributed by atoms with Crippen molar-refractivity contribution >= 4 is 5.97 Å². The maximum Gasteiger partial charge on any atom is 0.303 e. The molecular formula is C40H100O32. The Morgan fingerprint density at radius 2 is 0.389 bits per heavy atom. The lowest BCUT2D eigenvalue weighted by molar-refractivity contribution is -0.137. The van der Waals surface area contributed by atoms with E-state index in [0.29, 0.717) is 11.8 Å². The molecule has 31 N–H and O–H groups in total. The van der Waals surface area contributed by atoms with Crippen LogP contribution in [0.3, 0.4) is 0 Å². The van der Waals surface area contributed by atoms with Gasteiger partial charge < -0.3 is 158 Å². The van der Waals surface area contributed by atoms with Gasteiger partial charge in [-0.25, -0.2) is 0 Å². The molecule has 0 radical (unpaired) electrons. The van der Waals surface area contributed by atoms with Crippen LogP contribution >= 0.6 is 0 Å². The summed E-state index contributed by atoms with van der Waals surface area (Å²) in [6, 6.07) is 0. The molecule has 0 aliphatic heterocycles. The molecule has 72 heavy (non-hydrogen) atoms. The highest BCUT2D eigenvalue weighted by Crippen LogP contribution is 2.22. The number of carboxylic acids is 1. The average molecular weight is 1090 g/mol.